The summed E-state index contributed by atoms with van der Waals surface area (Å²) >= 11 is 0. The van der Waals surface area contributed by atoms with Gasteiger partial charge in [-0.05, 0) is 31.2 Å². The van der Waals surface area contributed by atoms with Crippen LogP contribution in [-0.2, 0) is 6.54 Å². The van der Waals surface area contributed by atoms with Crippen LogP contribution in [0.1, 0.15) is 38.4 Å². The summed E-state index contributed by atoms with van der Waals surface area (Å²) in [4.78, 5) is 0. The van der Waals surface area contributed by atoms with Crippen LogP contribution in [-0.4, -0.2) is 22.9 Å². The monoisotopic (exact) mass is 287 g/mol. The third-order valence-electron chi connectivity index (χ3n) is 3.41. The summed E-state index contributed by atoms with van der Waals surface area (Å²) in [6.45, 7) is 6.90. The molecule has 0 saturated heterocycles. The van der Waals surface area contributed by atoms with Crippen molar-refractivity contribution in [2.75, 3.05) is 13.2 Å². The third kappa shape index (κ3) is 4.60. The second-order valence-corrected chi connectivity index (χ2v) is 5.04. The number of para-hydroxylation sites is 1. The van der Waals surface area contributed by atoms with Gasteiger partial charge in [-0.25, -0.2) is 0 Å². The quantitative estimate of drug-likeness (QED) is 0.768. The largest absolute Gasteiger partial charge is 0.494 e. The van der Waals surface area contributed by atoms with E-state index in [0.29, 0.717) is 6.61 Å². The van der Waals surface area contributed by atoms with Crippen molar-refractivity contribution in [1.82, 2.24) is 15.1 Å². The minimum Gasteiger partial charge on any atom is -0.494 e. The van der Waals surface area contributed by atoms with Crippen LogP contribution < -0.4 is 10.1 Å². The van der Waals surface area contributed by atoms with Crippen LogP contribution in [0.5, 0.6) is 5.75 Å². The fraction of sp³-hybridized carbons (Fsp3) is 0.471. The average molecular weight is 287 g/mol. The maximum atomic E-state index is 5.81. The van der Waals surface area contributed by atoms with Crippen LogP contribution in [0, 0.1) is 0 Å². The number of hydrogen-bond donors (Lipinski definition) is 1. The number of rotatable bonds is 9. The Labute approximate surface area is 127 Å². The third-order valence-corrected chi connectivity index (χ3v) is 3.41. The van der Waals surface area contributed by atoms with Gasteiger partial charge in [0.2, 0.25) is 0 Å². The molecule has 0 spiro atoms. The van der Waals surface area contributed by atoms with E-state index in [-0.39, 0.29) is 6.04 Å². The Morgan fingerprint density at radius 1 is 1.19 bits per heavy atom. The summed E-state index contributed by atoms with van der Waals surface area (Å²) in [5.41, 5.74) is 1.25. The van der Waals surface area contributed by atoms with Gasteiger partial charge in [0, 0.05) is 19.2 Å². The minimum absolute atomic E-state index is 0.285. The highest BCUT2D eigenvalue weighted by molar-refractivity contribution is 5.20. The van der Waals surface area contributed by atoms with Crippen LogP contribution in [0.15, 0.2) is 42.6 Å². The van der Waals surface area contributed by atoms with Crippen molar-refractivity contribution in [1.29, 1.82) is 0 Å². The molecule has 2 aromatic rings. The van der Waals surface area contributed by atoms with Gasteiger partial charge in [0.25, 0.3) is 0 Å². The normalized spacial score (nSPS) is 12.3. The number of aryl methyl sites for hydroxylation is 1. The molecule has 21 heavy (non-hydrogen) atoms. The van der Waals surface area contributed by atoms with Gasteiger partial charge in [-0.15, -0.1) is 0 Å². The molecule has 0 aliphatic heterocycles. The fourth-order valence-corrected chi connectivity index (χ4v) is 2.45. The van der Waals surface area contributed by atoms with Gasteiger partial charge in [-0.3, -0.25) is 4.68 Å². The molecule has 0 fully saturated rings. The van der Waals surface area contributed by atoms with Crippen LogP contribution in [0.2, 0.25) is 0 Å². The molecular weight excluding hydrogens is 262 g/mol. The lowest BCUT2D eigenvalue weighted by Crippen LogP contribution is -2.25. The highest BCUT2D eigenvalue weighted by atomic mass is 16.5. The van der Waals surface area contributed by atoms with Crippen LogP contribution in [0.4, 0.5) is 0 Å². The van der Waals surface area contributed by atoms with Gasteiger partial charge < -0.3 is 10.1 Å². The molecule has 0 saturated carbocycles. The van der Waals surface area contributed by atoms with E-state index in [2.05, 4.69) is 35.0 Å². The zero-order valence-electron chi connectivity index (χ0n) is 13.0. The Morgan fingerprint density at radius 3 is 2.71 bits per heavy atom. The standard InChI is InChI=1S/C17H25N3O/c1-3-13-20-17(10-12-19-20)16(18-4-2)11-14-21-15-8-6-5-7-9-15/h5-10,12,16,18H,3-4,11,13-14H2,1-2H3. The summed E-state index contributed by atoms with van der Waals surface area (Å²) in [5.74, 6) is 0.926. The Morgan fingerprint density at radius 2 is 2.00 bits per heavy atom. The molecule has 1 aromatic carbocycles. The topological polar surface area (TPSA) is 39.1 Å². The molecule has 1 atom stereocenters. The van der Waals surface area contributed by atoms with Gasteiger partial charge in [0.15, 0.2) is 0 Å². The van der Waals surface area contributed by atoms with E-state index < -0.39 is 0 Å². The molecule has 0 aliphatic rings. The predicted octanol–water partition coefficient (Wildman–Crippen LogP) is 3.41. The van der Waals surface area contributed by atoms with Gasteiger partial charge >= 0.3 is 0 Å². The summed E-state index contributed by atoms with van der Waals surface area (Å²) in [6.07, 6.45) is 3.90. The van der Waals surface area contributed by atoms with E-state index >= 15 is 0 Å². The van der Waals surface area contributed by atoms with Crippen molar-refractivity contribution in [2.45, 2.75) is 39.3 Å². The molecule has 4 heteroatoms. The smallest absolute Gasteiger partial charge is 0.119 e. The molecule has 0 amide bonds. The van der Waals surface area contributed by atoms with Gasteiger partial charge in [0.1, 0.15) is 5.75 Å². The number of ether oxygens (including phenoxy) is 1. The Kier molecular flexibility index (Phi) is 6.28. The van der Waals surface area contributed by atoms with Crippen LogP contribution in [0.3, 0.4) is 0 Å². The first-order valence-electron chi connectivity index (χ1n) is 7.78. The number of nitrogens with one attached hydrogen (secondary N) is 1. The fourth-order valence-electron chi connectivity index (χ4n) is 2.45. The highest BCUT2D eigenvalue weighted by Gasteiger charge is 2.15. The first kappa shape index (κ1) is 15.6. The van der Waals surface area contributed by atoms with E-state index in [9.17, 15) is 0 Å². The molecule has 1 heterocycles. The molecule has 0 bridgehead atoms. The average Bonchev–Trinajstić information content (AvgIpc) is 2.96. The number of aromatic nitrogens is 2. The lowest BCUT2D eigenvalue weighted by Gasteiger charge is -2.19. The molecule has 1 unspecified atom stereocenters. The first-order chi connectivity index (χ1) is 10.3. The molecule has 0 aliphatic carbocycles. The van der Waals surface area contributed by atoms with Crippen molar-refractivity contribution in [3.8, 4) is 5.75 Å². The van der Waals surface area contributed by atoms with Gasteiger partial charge in [0.05, 0.1) is 18.3 Å². The molecule has 2 rings (SSSR count). The minimum atomic E-state index is 0.285. The summed E-state index contributed by atoms with van der Waals surface area (Å²) in [5, 5.41) is 7.94. The van der Waals surface area contributed by atoms with E-state index in [0.717, 1.165) is 31.7 Å². The number of nitrogens with zero attached hydrogens (tertiary/aromatic N) is 2. The van der Waals surface area contributed by atoms with Crippen molar-refractivity contribution in [3.05, 3.63) is 48.3 Å². The van der Waals surface area contributed by atoms with E-state index in [1.807, 2.05) is 36.5 Å². The molecule has 1 aromatic heterocycles. The lowest BCUT2D eigenvalue weighted by atomic mass is 10.1. The zero-order valence-corrected chi connectivity index (χ0v) is 13.0. The summed E-state index contributed by atoms with van der Waals surface area (Å²) in [6, 6.07) is 12.4. The van der Waals surface area contributed by atoms with E-state index in [4.69, 9.17) is 4.74 Å². The number of hydrogen-bond acceptors (Lipinski definition) is 3. The maximum absolute atomic E-state index is 5.81. The second kappa shape index (κ2) is 8.47. The Balaban J connectivity index is 1.94. The molecule has 4 nitrogen and oxygen atoms in total. The SMILES string of the molecule is CCCn1nccc1C(CCOc1ccccc1)NCC. The first-order valence-corrected chi connectivity index (χ1v) is 7.78. The van der Waals surface area contributed by atoms with E-state index in [1.54, 1.807) is 0 Å². The second-order valence-electron chi connectivity index (χ2n) is 5.04. The maximum Gasteiger partial charge on any atom is 0.119 e. The van der Waals surface area contributed by atoms with Crippen LogP contribution in [0.25, 0.3) is 0 Å². The van der Waals surface area contributed by atoms with E-state index in [1.165, 1.54) is 5.69 Å². The molecule has 114 valence electrons. The highest BCUT2D eigenvalue weighted by Crippen LogP contribution is 2.18. The van der Waals surface area contributed by atoms with Crippen molar-refractivity contribution >= 4 is 0 Å². The molecular formula is C17H25N3O. The number of benzene rings is 1. The lowest BCUT2D eigenvalue weighted by molar-refractivity contribution is 0.283. The van der Waals surface area contributed by atoms with Crippen molar-refractivity contribution in [3.63, 3.8) is 0 Å². The predicted molar refractivity (Wildman–Crippen MR) is 85.5 cm³/mol. The molecule has 0 radical (unpaired) electrons. The Bertz CT molecular complexity index is 510. The van der Waals surface area contributed by atoms with Crippen LogP contribution >= 0.6 is 0 Å². The molecule has 1 N–H and O–H groups in total. The Hall–Kier alpha value is -1.81. The summed E-state index contributed by atoms with van der Waals surface area (Å²) < 4.78 is 7.90. The van der Waals surface area contributed by atoms with Gasteiger partial charge in [-0.2, -0.15) is 5.10 Å². The van der Waals surface area contributed by atoms with Crippen molar-refractivity contribution < 1.29 is 4.74 Å². The summed E-state index contributed by atoms with van der Waals surface area (Å²) in [7, 11) is 0. The van der Waals surface area contributed by atoms with Crippen molar-refractivity contribution in [2.24, 2.45) is 0 Å². The zero-order chi connectivity index (χ0) is 14.9. The van der Waals surface area contributed by atoms with Gasteiger partial charge in [-0.1, -0.05) is 32.0 Å².